The second-order valence-electron chi connectivity index (χ2n) is 8.65. The molecule has 2 aliphatic heterocycles. The highest BCUT2D eigenvalue weighted by molar-refractivity contribution is 5.69. The summed E-state index contributed by atoms with van der Waals surface area (Å²) in [7, 11) is 2.18. The van der Waals surface area contributed by atoms with Crippen LogP contribution in [0.1, 0.15) is 5.56 Å². The topological polar surface area (TPSA) is 96.5 Å². The fourth-order valence-electron chi connectivity index (χ4n) is 4.20. The number of likely N-dealkylation sites (N-methyl/N-ethyl adjacent to an activating group) is 1. The molecule has 0 unspecified atom stereocenters. The molecule has 3 aromatic rings. The molecule has 172 valence electrons. The lowest BCUT2D eigenvalue weighted by atomic mass is 10.1. The van der Waals surface area contributed by atoms with Crippen LogP contribution in [0.3, 0.4) is 0 Å². The van der Waals surface area contributed by atoms with Gasteiger partial charge in [0.15, 0.2) is 0 Å². The van der Waals surface area contributed by atoms with Gasteiger partial charge in [-0.1, -0.05) is 18.2 Å². The first-order valence-corrected chi connectivity index (χ1v) is 11.4. The van der Waals surface area contributed by atoms with Crippen LogP contribution in [0.5, 0.6) is 0 Å². The van der Waals surface area contributed by atoms with Gasteiger partial charge in [0.1, 0.15) is 0 Å². The zero-order chi connectivity index (χ0) is 22.6. The van der Waals surface area contributed by atoms with Crippen molar-refractivity contribution < 1.29 is 4.74 Å². The Bertz CT molecular complexity index is 1080. The molecule has 0 bridgehead atoms. The van der Waals surface area contributed by atoms with Gasteiger partial charge in [-0.15, -0.1) is 0 Å². The molecule has 9 heteroatoms. The quantitative estimate of drug-likeness (QED) is 0.629. The molecule has 2 aromatic heterocycles. The number of nitrogens with zero attached hydrogens (tertiary/aromatic N) is 7. The van der Waals surface area contributed by atoms with Crippen LogP contribution in [0, 0.1) is 0 Å². The average Bonchev–Trinajstić information content (AvgIpc) is 2.86. The lowest BCUT2D eigenvalue weighted by Gasteiger charge is -2.32. The molecule has 2 N–H and O–H groups in total. The van der Waals surface area contributed by atoms with Gasteiger partial charge in [-0.2, -0.15) is 0 Å². The van der Waals surface area contributed by atoms with Crippen LogP contribution in [0.15, 0.2) is 42.7 Å². The van der Waals surface area contributed by atoms with Crippen molar-refractivity contribution in [3.05, 3.63) is 48.3 Å². The van der Waals surface area contributed by atoms with Crippen LogP contribution in [-0.4, -0.2) is 89.3 Å². The minimum atomic E-state index is 0.248. The van der Waals surface area contributed by atoms with E-state index in [-0.39, 0.29) is 5.95 Å². The third kappa shape index (κ3) is 5.27. The Hall–Kier alpha value is -3.14. The minimum Gasteiger partial charge on any atom is -0.378 e. The number of aromatic nitrogens is 4. The minimum absolute atomic E-state index is 0.248. The number of ether oxygens (including phenoxy) is 1. The highest BCUT2D eigenvalue weighted by Gasteiger charge is 2.18. The van der Waals surface area contributed by atoms with Gasteiger partial charge in [0.25, 0.3) is 0 Å². The fraction of sp³-hybridized carbons (Fsp3) is 0.417. The van der Waals surface area contributed by atoms with E-state index in [0.29, 0.717) is 19.2 Å². The predicted octanol–water partition coefficient (Wildman–Crippen LogP) is 1.77. The summed E-state index contributed by atoms with van der Waals surface area (Å²) in [4.78, 5) is 25.1. The predicted molar refractivity (Wildman–Crippen MR) is 129 cm³/mol. The number of anilines is 2. The monoisotopic (exact) mass is 446 g/mol. The fourth-order valence-corrected chi connectivity index (χ4v) is 4.20. The smallest absolute Gasteiger partial charge is 0.226 e. The first-order chi connectivity index (χ1) is 16.1. The van der Waals surface area contributed by atoms with Crippen molar-refractivity contribution in [3.63, 3.8) is 0 Å². The van der Waals surface area contributed by atoms with Crippen molar-refractivity contribution in [2.45, 2.75) is 6.54 Å². The summed E-state index contributed by atoms with van der Waals surface area (Å²) in [6, 6.07) is 10.7. The number of benzene rings is 1. The molecule has 0 radical (unpaired) electrons. The van der Waals surface area contributed by atoms with Crippen LogP contribution in [0.2, 0.25) is 0 Å². The summed E-state index contributed by atoms with van der Waals surface area (Å²) in [5.74, 6) is 0.949. The van der Waals surface area contributed by atoms with Crippen molar-refractivity contribution in [2.75, 3.05) is 70.2 Å². The second kappa shape index (κ2) is 9.78. The number of nitrogen functional groups attached to an aromatic ring is 1. The summed E-state index contributed by atoms with van der Waals surface area (Å²) >= 11 is 0. The van der Waals surface area contributed by atoms with E-state index >= 15 is 0 Å². The second-order valence-corrected chi connectivity index (χ2v) is 8.65. The van der Waals surface area contributed by atoms with Gasteiger partial charge in [0.05, 0.1) is 24.6 Å². The van der Waals surface area contributed by atoms with Crippen molar-refractivity contribution in [3.8, 4) is 22.5 Å². The molecule has 2 aliphatic rings. The first-order valence-electron chi connectivity index (χ1n) is 11.4. The standard InChI is InChI=1S/C24H30N8O/c1-30-5-7-31(8-6-30)17-18-3-2-4-19(13-18)21-14-22(20-15-26-23(25)27-16-20)29-24(28-21)32-9-11-33-12-10-32/h2-4,13-16H,5-12,17H2,1H3,(H2,25,26,27). The summed E-state index contributed by atoms with van der Waals surface area (Å²) in [5.41, 5.74) is 10.5. The van der Waals surface area contributed by atoms with Gasteiger partial charge in [-0.3, -0.25) is 4.90 Å². The number of nitrogens with two attached hydrogens (primary N) is 1. The van der Waals surface area contributed by atoms with Gasteiger partial charge in [-0.05, 0) is 24.7 Å². The molecular weight excluding hydrogens is 416 g/mol. The zero-order valence-electron chi connectivity index (χ0n) is 19.0. The van der Waals surface area contributed by atoms with Crippen molar-refractivity contribution in [1.29, 1.82) is 0 Å². The van der Waals surface area contributed by atoms with Crippen LogP contribution in [-0.2, 0) is 11.3 Å². The summed E-state index contributed by atoms with van der Waals surface area (Å²) in [6.07, 6.45) is 3.42. The number of hydrogen-bond acceptors (Lipinski definition) is 9. The molecule has 0 amide bonds. The van der Waals surface area contributed by atoms with Crippen molar-refractivity contribution >= 4 is 11.9 Å². The van der Waals surface area contributed by atoms with Crippen LogP contribution < -0.4 is 10.6 Å². The highest BCUT2D eigenvalue weighted by atomic mass is 16.5. The largest absolute Gasteiger partial charge is 0.378 e. The normalized spacial score (nSPS) is 17.9. The van der Waals surface area contributed by atoms with Crippen LogP contribution in [0.4, 0.5) is 11.9 Å². The Morgan fingerprint density at radius 3 is 2.30 bits per heavy atom. The van der Waals surface area contributed by atoms with E-state index in [1.807, 2.05) is 6.07 Å². The summed E-state index contributed by atoms with van der Waals surface area (Å²) in [5, 5.41) is 0. The highest BCUT2D eigenvalue weighted by Crippen LogP contribution is 2.27. The maximum atomic E-state index is 5.69. The molecule has 0 atom stereocenters. The van der Waals surface area contributed by atoms with E-state index in [0.717, 1.165) is 68.3 Å². The molecule has 5 rings (SSSR count). The van der Waals surface area contributed by atoms with E-state index in [1.54, 1.807) is 12.4 Å². The van der Waals surface area contributed by atoms with Gasteiger partial charge >= 0.3 is 0 Å². The number of rotatable bonds is 5. The zero-order valence-corrected chi connectivity index (χ0v) is 19.0. The molecule has 0 saturated carbocycles. The van der Waals surface area contributed by atoms with E-state index in [9.17, 15) is 0 Å². The Balaban J connectivity index is 1.47. The maximum Gasteiger partial charge on any atom is 0.226 e. The molecule has 1 aromatic carbocycles. The average molecular weight is 447 g/mol. The molecule has 9 nitrogen and oxygen atoms in total. The number of morpholine rings is 1. The van der Waals surface area contributed by atoms with E-state index in [1.165, 1.54) is 5.56 Å². The Kier molecular flexibility index (Phi) is 6.43. The first kappa shape index (κ1) is 21.7. The third-order valence-electron chi connectivity index (χ3n) is 6.20. The molecular formula is C24H30N8O. The van der Waals surface area contributed by atoms with Gasteiger partial charge in [-0.25, -0.2) is 19.9 Å². The van der Waals surface area contributed by atoms with Gasteiger partial charge < -0.3 is 20.3 Å². The SMILES string of the molecule is CN1CCN(Cc2cccc(-c3cc(-c4cnc(N)nc4)nc(N4CCOCC4)n3)c2)CC1. The molecule has 2 fully saturated rings. The summed E-state index contributed by atoms with van der Waals surface area (Å²) < 4.78 is 5.52. The molecule has 2 saturated heterocycles. The Labute approximate surface area is 194 Å². The Morgan fingerprint density at radius 2 is 1.58 bits per heavy atom. The van der Waals surface area contributed by atoms with E-state index < -0.39 is 0 Å². The molecule has 33 heavy (non-hydrogen) atoms. The number of piperazine rings is 1. The van der Waals surface area contributed by atoms with Gasteiger partial charge in [0.2, 0.25) is 11.9 Å². The molecule has 4 heterocycles. The van der Waals surface area contributed by atoms with Crippen LogP contribution in [0.25, 0.3) is 22.5 Å². The lowest BCUT2D eigenvalue weighted by Crippen LogP contribution is -2.43. The van der Waals surface area contributed by atoms with Gasteiger partial charge in [0, 0.05) is 69.3 Å². The van der Waals surface area contributed by atoms with Crippen molar-refractivity contribution in [2.24, 2.45) is 0 Å². The van der Waals surface area contributed by atoms with E-state index in [2.05, 4.69) is 56.0 Å². The van der Waals surface area contributed by atoms with Crippen molar-refractivity contribution in [1.82, 2.24) is 29.7 Å². The van der Waals surface area contributed by atoms with Crippen LogP contribution >= 0.6 is 0 Å². The summed E-state index contributed by atoms with van der Waals surface area (Å²) in [6.45, 7) is 8.25. The molecule has 0 spiro atoms. The maximum absolute atomic E-state index is 5.69. The number of hydrogen-bond donors (Lipinski definition) is 1. The lowest BCUT2D eigenvalue weighted by molar-refractivity contribution is 0.122. The third-order valence-corrected chi connectivity index (χ3v) is 6.20. The molecule has 0 aliphatic carbocycles. The Morgan fingerprint density at radius 1 is 0.879 bits per heavy atom. The van der Waals surface area contributed by atoms with E-state index in [4.69, 9.17) is 20.4 Å².